The molecule has 204 valence electrons. The number of fused-ring (bicyclic) bond motifs is 1. The van der Waals surface area contributed by atoms with Crippen molar-refractivity contribution in [2.24, 2.45) is 0 Å². The van der Waals surface area contributed by atoms with E-state index in [2.05, 4.69) is 15.3 Å². The second kappa shape index (κ2) is 10.6. The van der Waals surface area contributed by atoms with E-state index in [1.54, 1.807) is 26.1 Å². The maximum atomic E-state index is 14.8. The summed E-state index contributed by atoms with van der Waals surface area (Å²) in [4.78, 5) is 21.9. The van der Waals surface area contributed by atoms with Crippen molar-refractivity contribution in [2.75, 3.05) is 39.2 Å². The summed E-state index contributed by atoms with van der Waals surface area (Å²) in [5.41, 5.74) is -1.78. The van der Waals surface area contributed by atoms with Crippen molar-refractivity contribution in [2.45, 2.75) is 32.2 Å². The lowest BCUT2D eigenvalue weighted by molar-refractivity contribution is -0.148. The molecule has 2 atom stereocenters. The van der Waals surface area contributed by atoms with E-state index in [4.69, 9.17) is 14.2 Å². The Morgan fingerprint density at radius 1 is 1.18 bits per heavy atom. The predicted molar refractivity (Wildman–Crippen MR) is 127 cm³/mol. The summed E-state index contributed by atoms with van der Waals surface area (Å²) in [5.74, 6) is -1.80. The van der Waals surface area contributed by atoms with Crippen LogP contribution in [0.5, 0.6) is 11.5 Å². The average Bonchev–Trinajstić information content (AvgIpc) is 2.84. The Balaban J connectivity index is 1.67. The minimum absolute atomic E-state index is 0.0643. The summed E-state index contributed by atoms with van der Waals surface area (Å²) in [7, 11) is 3.10. The van der Waals surface area contributed by atoms with Gasteiger partial charge in [0.2, 0.25) is 5.91 Å². The van der Waals surface area contributed by atoms with Gasteiger partial charge in [-0.05, 0) is 32.0 Å². The monoisotopic (exact) mass is 540 g/mol. The van der Waals surface area contributed by atoms with E-state index in [-0.39, 0.29) is 37.1 Å². The molecule has 1 aliphatic rings. The highest BCUT2D eigenvalue weighted by Crippen LogP contribution is 2.38. The Morgan fingerprint density at radius 2 is 1.92 bits per heavy atom. The molecule has 0 unspecified atom stereocenters. The van der Waals surface area contributed by atoms with Crippen LogP contribution in [0.15, 0.2) is 24.3 Å². The number of amides is 1. The number of carbonyl (C=O) groups is 1. The molecule has 1 aromatic heterocycles. The van der Waals surface area contributed by atoms with Gasteiger partial charge in [-0.25, -0.2) is 18.7 Å². The van der Waals surface area contributed by atoms with Crippen LogP contribution in [0.25, 0.3) is 10.9 Å². The number of anilines is 1. The van der Waals surface area contributed by atoms with E-state index in [1.165, 1.54) is 18.9 Å². The second-order valence-corrected chi connectivity index (χ2v) is 8.88. The molecule has 0 radical (unpaired) electrons. The van der Waals surface area contributed by atoms with Gasteiger partial charge in [-0.1, -0.05) is 0 Å². The van der Waals surface area contributed by atoms with Crippen LogP contribution < -0.4 is 14.8 Å². The molecule has 0 spiro atoms. The van der Waals surface area contributed by atoms with Gasteiger partial charge >= 0.3 is 6.18 Å². The highest BCUT2D eigenvalue weighted by Gasteiger charge is 2.36. The molecular formula is C25H25F5N4O4. The smallest absolute Gasteiger partial charge is 0.419 e. The number of nitrogens with one attached hydrogen (secondary N) is 1. The molecule has 1 saturated heterocycles. The van der Waals surface area contributed by atoms with Crippen molar-refractivity contribution >= 4 is 22.6 Å². The van der Waals surface area contributed by atoms with Crippen LogP contribution >= 0.6 is 0 Å². The lowest BCUT2D eigenvalue weighted by Crippen LogP contribution is -2.46. The number of hydrogen-bond acceptors (Lipinski definition) is 7. The fourth-order valence-electron chi connectivity index (χ4n) is 4.09. The van der Waals surface area contributed by atoms with E-state index in [0.717, 1.165) is 0 Å². The second-order valence-electron chi connectivity index (χ2n) is 8.88. The molecular weight excluding hydrogens is 515 g/mol. The van der Waals surface area contributed by atoms with Gasteiger partial charge in [-0.15, -0.1) is 0 Å². The van der Waals surface area contributed by atoms with E-state index in [9.17, 15) is 26.7 Å². The van der Waals surface area contributed by atoms with Gasteiger partial charge in [-0.3, -0.25) is 4.79 Å². The molecule has 1 N–H and O–H groups in total. The molecule has 38 heavy (non-hydrogen) atoms. The van der Waals surface area contributed by atoms with Crippen LogP contribution in [0, 0.1) is 18.6 Å². The Labute approximate surface area is 214 Å². The Morgan fingerprint density at radius 3 is 2.58 bits per heavy atom. The quantitative estimate of drug-likeness (QED) is 0.437. The van der Waals surface area contributed by atoms with Crippen LogP contribution in [-0.4, -0.2) is 60.8 Å². The van der Waals surface area contributed by atoms with Gasteiger partial charge in [0.1, 0.15) is 42.6 Å². The molecule has 1 fully saturated rings. The van der Waals surface area contributed by atoms with Crippen LogP contribution in [0.1, 0.15) is 29.9 Å². The first-order chi connectivity index (χ1) is 17.9. The normalized spacial score (nSPS) is 17.0. The first-order valence-electron chi connectivity index (χ1n) is 11.5. The number of hydrogen-bond donors (Lipinski definition) is 1. The number of carbonyl (C=O) groups excluding carboxylic acids is 1. The zero-order chi connectivity index (χ0) is 27.8. The molecule has 0 aliphatic carbocycles. The fraction of sp³-hybridized carbons (Fsp3) is 0.400. The molecule has 2 heterocycles. The molecule has 8 nitrogen and oxygen atoms in total. The summed E-state index contributed by atoms with van der Waals surface area (Å²) >= 11 is 0. The third-order valence-electron chi connectivity index (χ3n) is 6.05. The van der Waals surface area contributed by atoms with Crippen molar-refractivity contribution in [3.8, 4) is 11.5 Å². The first kappa shape index (κ1) is 27.3. The zero-order valence-corrected chi connectivity index (χ0v) is 20.9. The van der Waals surface area contributed by atoms with Gasteiger partial charge in [0.15, 0.2) is 11.5 Å². The van der Waals surface area contributed by atoms with Crippen LogP contribution in [-0.2, 0) is 15.7 Å². The van der Waals surface area contributed by atoms with Gasteiger partial charge in [-0.2, -0.15) is 13.2 Å². The van der Waals surface area contributed by atoms with Crippen molar-refractivity contribution < 1.29 is 41.0 Å². The maximum absolute atomic E-state index is 14.8. The zero-order valence-electron chi connectivity index (χ0n) is 20.9. The summed E-state index contributed by atoms with van der Waals surface area (Å²) in [6, 6.07) is 2.90. The highest BCUT2D eigenvalue weighted by molar-refractivity contribution is 5.92. The third kappa shape index (κ3) is 5.72. The van der Waals surface area contributed by atoms with Gasteiger partial charge in [0, 0.05) is 30.6 Å². The van der Waals surface area contributed by atoms with Crippen molar-refractivity contribution in [3.05, 3.63) is 52.9 Å². The number of benzene rings is 2. The van der Waals surface area contributed by atoms with Crippen molar-refractivity contribution in [1.82, 2.24) is 14.9 Å². The lowest BCUT2D eigenvalue weighted by Gasteiger charge is -2.29. The number of rotatable bonds is 7. The predicted octanol–water partition coefficient (Wildman–Crippen LogP) is 4.65. The molecule has 1 aliphatic heterocycles. The van der Waals surface area contributed by atoms with Crippen LogP contribution in [0.3, 0.4) is 0 Å². The third-order valence-corrected chi connectivity index (χ3v) is 6.05. The number of methoxy groups -OCH3 is 1. The minimum Gasteiger partial charge on any atom is -0.493 e. The molecule has 2 aromatic carbocycles. The summed E-state index contributed by atoms with van der Waals surface area (Å²) < 4.78 is 85.3. The van der Waals surface area contributed by atoms with E-state index >= 15 is 0 Å². The lowest BCUT2D eigenvalue weighted by atomic mass is 10.0. The summed E-state index contributed by atoms with van der Waals surface area (Å²) in [5, 5.41) is 3.28. The van der Waals surface area contributed by atoms with Crippen molar-refractivity contribution in [1.29, 1.82) is 0 Å². The number of nitrogens with zero attached hydrogens (tertiary/aromatic N) is 3. The van der Waals surface area contributed by atoms with E-state index in [1.807, 2.05) is 0 Å². The average molecular weight is 540 g/mol. The minimum atomic E-state index is -5.06. The standard InChI is InChI=1S/C25H25F5N4O4/c1-12(16-5-14(26)6-18(23(16)27)25(28,29)30)31-24-17-7-21(20(36-4)8-19(17)32-13(2)33-24)38-10-15-9-34(3)22(35)11-37-15/h5-8,12,15H,9-11H2,1-4H3,(H,31,32,33)/t12-,15-/m1/s1. The molecule has 4 rings (SSSR count). The Bertz CT molecular complexity index is 1370. The molecule has 1 amide bonds. The number of morpholine rings is 1. The molecule has 13 heteroatoms. The number of ether oxygens (including phenoxy) is 3. The van der Waals surface area contributed by atoms with Crippen LogP contribution in [0.4, 0.5) is 27.8 Å². The van der Waals surface area contributed by atoms with E-state index < -0.39 is 35.0 Å². The largest absolute Gasteiger partial charge is 0.493 e. The topological polar surface area (TPSA) is 85.8 Å². The fourth-order valence-corrected chi connectivity index (χ4v) is 4.09. The number of halogens is 5. The number of likely N-dealkylation sites (N-methyl/N-ethyl adjacent to an activating group) is 1. The first-order valence-corrected chi connectivity index (χ1v) is 11.5. The SMILES string of the molecule is COc1cc2nc(C)nc(N[C@H](C)c3cc(F)cc(C(F)(F)F)c3F)c2cc1OC[C@H]1CN(C)C(=O)CO1. The van der Waals surface area contributed by atoms with Crippen LogP contribution in [0.2, 0.25) is 0 Å². The molecule has 3 aromatic rings. The van der Waals surface area contributed by atoms with E-state index in [0.29, 0.717) is 40.8 Å². The molecule has 0 saturated carbocycles. The Kier molecular flexibility index (Phi) is 7.58. The number of aromatic nitrogens is 2. The summed E-state index contributed by atoms with van der Waals surface area (Å²) in [6.45, 7) is 3.36. The maximum Gasteiger partial charge on any atom is 0.419 e. The number of alkyl halides is 3. The molecule has 0 bridgehead atoms. The highest BCUT2D eigenvalue weighted by atomic mass is 19.4. The Hall–Kier alpha value is -3.74. The van der Waals surface area contributed by atoms with Crippen molar-refractivity contribution in [3.63, 3.8) is 0 Å². The van der Waals surface area contributed by atoms with Gasteiger partial charge in [0.05, 0.1) is 24.2 Å². The number of aryl methyl sites for hydroxylation is 1. The van der Waals surface area contributed by atoms with Gasteiger partial charge < -0.3 is 24.4 Å². The summed E-state index contributed by atoms with van der Waals surface area (Å²) in [6.07, 6.45) is -5.45. The van der Waals surface area contributed by atoms with Gasteiger partial charge in [0.25, 0.3) is 0 Å².